The van der Waals surface area contributed by atoms with Crippen LogP contribution in [0.15, 0.2) is 110 Å². The van der Waals surface area contributed by atoms with Crippen molar-refractivity contribution in [3.63, 3.8) is 0 Å². The summed E-state index contributed by atoms with van der Waals surface area (Å²) in [6.07, 6.45) is 31.4. The molecule has 6 fully saturated rings. The molecule has 10 heterocycles. The van der Waals surface area contributed by atoms with Gasteiger partial charge in [-0.15, -0.1) is 0 Å². The topological polar surface area (TPSA) is 253 Å². The first-order valence-corrected chi connectivity index (χ1v) is 44.3. The van der Waals surface area contributed by atoms with Crippen molar-refractivity contribution < 1.29 is 0 Å². The molecule has 6 atom stereocenters. The van der Waals surface area contributed by atoms with Crippen LogP contribution in [0.5, 0.6) is 0 Å². The van der Waals surface area contributed by atoms with Crippen molar-refractivity contribution >= 4 is 0 Å². The molecule has 4 aromatic heterocycles. The van der Waals surface area contributed by atoms with Gasteiger partial charge in [-0.2, -0.15) is 10.2 Å². The Labute approximate surface area is 688 Å². The minimum absolute atomic E-state index is 0.0747. The van der Waals surface area contributed by atoms with E-state index in [1.807, 2.05) is 37.1 Å². The van der Waals surface area contributed by atoms with E-state index in [0.29, 0.717) is 11.5 Å². The van der Waals surface area contributed by atoms with Gasteiger partial charge in [0, 0.05) is 140 Å². The number of likely N-dealkylation sites (tertiary alicyclic amines) is 6. The van der Waals surface area contributed by atoms with Gasteiger partial charge < -0.3 is 34.4 Å². The van der Waals surface area contributed by atoms with Gasteiger partial charge in [0.05, 0.1) is 29.5 Å². The molecule has 6 saturated heterocycles. The highest BCUT2D eigenvalue weighted by molar-refractivity contribution is 5.45. The first-order chi connectivity index (χ1) is 53.6. The van der Waals surface area contributed by atoms with Crippen molar-refractivity contribution in [1.29, 1.82) is 0 Å². The Morgan fingerprint density at radius 2 is 0.614 bits per heavy atom. The van der Waals surface area contributed by atoms with Crippen LogP contribution in [0.4, 0.5) is 0 Å². The van der Waals surface area contributed by atoms with Gasteiger partial charge in [0.2, 0.25) is 0 Å². The van der Waals surface area contributed by atoms with Crippen LogP contribution < -0.4 is 34.4 Å². The number of aromatic nitrogens is 6. The Morgan fingerprint density at radius 3 is 1.11 bits per heavy atom. The van der Waals surface area contributed by atoms with Crippen molar-refractivity contribution in [2.75, 3.05) is 78.5 Å². The molecule has 18 rings (SSSR count). The number of rotatable bonds is 0. The third kappa shape index (κ3) is 17.0. The van der Waals surface area contributed by atoms with Crippen LogP contribution in [0, 0.1) is 5.41 Å². The second kappa shape index (κ2) is 32.9. The molecule has 0 bridgehead atoms. The molecule has 6 aliphatic carbocycles. The van der Waals surface area contributed by atoms with Gasteiger partial charge in [0.15, 0.2) is 0 Å². The quantitative estimate of drug-likeness (QED) is 0.0827. The maximum absolute atomic E-state index is 6.59. The third-order valence-electron chi connectivity index (χ3n) is 31.0. The molecule has 0 radical (unpaired) electrons. The van der Waals surface area contributed by atoms with E-state index in [0.717, 1.165) is 129 Å². The molecule has 114 heavy (non-hydrogen) atoms. The Morgan fingerprint density at radius 1 is 0.289 bits per heavy atom. The van der Waals surface area contributed by atoms with Crippen molar-refractivity contribution in [2.45, 2.75) is 337 Å². The highest BCUT2D eigenvalue weighted by atomic mass is 15.2. The summed E-state index contributed by atoms with van der Waals surface area (Å²) in [6, 6.07) is 27.7. The zero-order valence-corrected chi connectivity index (χ0v) is 73.9. The van der Waals surface area contributed by atoms with Gasteiger partial charge in [-0.3, -0.25) is 49.3 Å². The largest absolute Gasteiger partial charge is 0.327 e. The molecule has 0 saturated carbocycles. The van der Waals surface area contributed by atoms with Crippen LogP contribution in [0.2, 0.25) is 0 Å². The highest BCUT2D eigenvalue weighted by Crippen LogP contribution is 2.54. The van der Waals surface area contributed by atoms with Gasteiger partial charge in [-0.1, -0.05) is 60.7 Å². The Bertz CT molecular complexity index is 3670. The average Bonchev–Trinajstić information content (AvgIpc) is 1.64. The average molecular weight is 1560 g/mol. The molecule has 6 aromatic rings. The van der Waals surface area contributed by atoms with Gasteiger partial charge in [0.1, 0.15) is 0 Å². The van der Waals surface area contributed by atoms with E-state index in [2.05, 4.69) is 251 Å². The molecular weight excluding hydrogens is 1410 g/mol. The summed E-state index contributed by atoms with van der Waals surface area (Å²) in [5.41, 5.74) is 57.9. The smallest absolute Gasteiger partial charge is 0.0697 e. The molecule has 6 aliphatic heterocycles. The van der Waals surface area contributed by atoms with E-state index in [1.54, 1.807) is 6.20 Å². The monoisotopic (exact) mass is 1560 g/mol. The molecule has 12 N–H and O–H groups in total. The van der Waals surface area contributed by atoms with Gasteiger partial charge in [0.25, 0.3) is 0 Å². The number of hydrogen-bond acceptors (Lipinski definition) is 18. The number of fused-ring (bicyclic) bond motifs is 11. The third-order valence-corrected chi connectivity index (χ3v) is 31.0. The number of piperidine rings is 6. The van der Waals surface area contributed by atoms with Crippen LogP contribution in [-0.2, 0) is 65.6 Å². The number of pyridine rings is 2. The molecule has 6 spiro atoms. The SMILES string of the molecule is CC(C)(C)N1CCC2(CC1)Cc1ccccc1[C@H]2N.CC(C)(C)N1CCC2(CC1)c1ccccc1C[C@H]2N.CC(C)(C)N1CCC2(CC1)c1cccnc1C[C@H]2N.CC(C)(C)N1CCC2(CC1)c1cnncc1C[C@H]2N.CC(C)(C)N1CCC2(CC1)c1ncccc1C[C@H]2N.CC(C)(C)N1CCC2(CC1)c1nccnc1C[C@H]2N. The first-order valence-electron chi connectivity index (χ1n) is 44.3. The Kier molecular flexibility index (Phi) is 24.9. The van der Waals surface area contributed by atoms with Crippen LogP contribution in [0.1, 0.15) is 275 Å². The summed E-state index contributed by atoms with van der Waals surface area (Å²) in [7, 11) is 0. The summed E-state index contributed by atoms with van der Waals surface area (Å²) >= 11 is 0. The summed E-state index contributed by atoms with van der Waals surface area (Å²) < 4.78 is 0. The van der Waals surface area contributed by atoms with Crippen molar-refractivity contribution in [1.82, 2.24) is 59.5 Å². The van der Waals surface area contributed by atoms with Crippen LogP contribution in [-0.4, -0.2) is 202 Å². The maximum atomic E-state index is 6.59. The second-order valence-electron chi connectivity index (χ2n) is 42.9. The summed E-state index contributed by atoms with van der Waals surface area (Å²) in [6.45, 7) is 55.1. The normalized spacial score (nSPS) is 26.6. The van der Waals surface area contributed by atoms with Crippen LogP contribution >= 0.6 is 0 Å². The predicted molar refractivity (Wildman–Crippen MR) is 469 cm³/mol. The second-order valence-corrected chi connectivity index (χ2v) is 42.9. The Balaban J connectivity index is 0.000000119. The first kappa shape index (κ1) is 86.3. The molecule has 18 nitrogen and oxygen atoms in total. The van der Waals surface area contributed by atoms with Crippen molar-refractivity contribution in [3.8, 4) is 0 Å². The lowest BCUT2D eigenvalue weighted by Crippen LogP contribution is -2.54. The fourth-order valence-corrected chi connectivity index (χ4v) is 23.2. The standard InChI is InChI=1S/2C17H26N2.2C16H25N3.2C15H24N4/c1-16(2,3)19-10-8-17(9-11-19)12-13-6-4-5-7-14(13)15(17)18;1-16(2,3)19-10-8-17(9-11-19)14-7-5-4-6-13(14)12-15(17)18;1-15(2,3)19-9-6-16(7-10-19)12-5-4-8-18-13(12)11-14(16)17;1-15(2,3)19-9-6-16(7-10-19)13(17)11-12-5-4-8-18-14(12)16;1-14(2,3)19-8-4-15(5-9-19)12(16)10-11-13(15)18-7-6-17-11;1-14(2,3)19-6-4-15(5-7-19)12-10-18-17-9-11(12)8-13(15)16/h2*4-7,15H,8-12,18H2,1-3H3;4-5,8,14H,6-7,9-11,17H2,1-3H3;4-5,8,13H,6-7,9-11,17H2,1-3H3;6-7,12H,4-5,8-10,16H2,1-3H3;9-10,13H,4-8,16H2,1-3H3/t2*15-;14-;13-;12-;13-/m111111/s1. The minimum Gasteiger partial charge on any atom is -0.327 e. The van der Waals surface area contributed by atoms with E-state index in [4.69, 9.17) is 34.4 Å². The van der Waals surface area contributed by atoms with Gasteiger partial charge in [-0.05, 0) is 368 Å². The molecular formula is C96H150N18. The van der Waals surface area contributed by atoms with E-state index in [1.165, 1.54) is 133 Å². The fraction of sp³-hybridized carbons (Fsp3) is 0.688. The van der Waals surface area contributed by atoms with Crippen molar-refractivity contribution in [2.24, 2.45) is 39.8 Å². The maximum Gasteiger partial charge on any atom is 0.0697 e. The minimum atomic E-state index is 0.0747. The fourth-order valence-electron chi connectivity index (χ4n) is 23.2. The molecule has 624 valence electrons. The van der Waals surface area contributed by atoms with E-state index < -0.39 is 0 Å². The lowest BCUT2D eigenvalue weighted by atomic mass is 9.71. The van der Waals surface area contributed by atoms with Crippen molar-refractivity contribution in [3.05, 3.63) is 177 Å². The Hall–Kier alpha value is -5.58. The van der Waals surface area contributed by atoms with Crippen LogP contribution in [0.3, 0.4) is 0 Å². The molecule has 0 amide bonds. The zero-order chi connectivity index (χ0) is 82.0. The van der Waals surface area contributed by atoms with Gasteiger partial charge in [-0.25, -0.2) is 0 Å². The van der Waals surface area contributed by atoms with Gasteiger partial charge >= 0.3 is 0 Å². The summed E-state index contributed by atoms with van der Waals surface area (Å²) in [5, 5.41) is 8.10. The van der Waals surface area contributed by atoms with E-state index in [-0.39, 0.29) is 90.5 Å². The van der Waals surface area contributed by atoms with Crippen LogP contribution in [0.25, 0.3) is 0 Å². The number of benzene rings is 2. The number of nitrogens with zero attached hydrogens (tertiary/aromatic N) is 12. The number of nitrogens with two attached hydrogens (primary N) is 6. The lowest BCUT2D eigenvalue weighted by molar-refractivity contribution is 0.0345. The predicted octanol–water partition coefficient (Wildman–Crippen LogP) is 13.0. The molecule has 18 heteroatoms. The molecule has 2 aromatic carbocycles. The summed E-state index contributed by atoms with van der Waals surface area (Å²) in [4.78, 5) is 33.8. The van der Waals surface area contributed by atoms with E-state index in [9.17, 15) is 0 Å². The lowest BCUT2D eigenvalue weighted by Gasteiger charge is -2.47. The van der Waals surface area contributed by atoms with E-state index >= 15 is 0 Å². The number of hydrogen-bond donors (Lipinski definition) is 6. The molecule has 0 unspecified atom stereocenters. The highest BCUT2D eigenvalue weighted by Gasteiger charge is 2.55. The summed E-state index contributed by atoms with van der Waals surface area (Å²) in [5.74, 6) is 0. The molecule has 12 aliphatic rings. The zero-order valence-electron chi connectivity index (χ0n) is 73.9.